The average Bonchev–Trinajstić information content (AvgIpc) is 3.09. The highest BCUT2D eigenvalue weighted by atomic mass is 16.2. The number of hydrogen-bond acceptors (Lipinski definition) is 5. The summed E-state index contributed by atoms with van der Waals surface area (Å²) in [4.78, 5) is 36.2. The first-order valence-corrected chi connectivity index (χ1v) is 10.2. The number of piperidine rings is 1. The molecule has 7 heteroatoms. The molecule has 2 aliphatic rings. The standard InChI is InChI=1S/C23H23N5O2/c1-15-13-20(25-19-7-3-2-6-18(15)19)28-11-8-16(9-12-28)23(17-5-4-10-24-14-17)21(29)26-22(30)27-23/h2-7,10,13-14,16H,8-9,11-12H2,1H3,(H2,26,27,29,30)/t23-/m1/s1. The molecule has 0 spiro atoms. The third-order valence-corrected chi connectivity index (χ3v) is 6.35. The Bertz CT molecular complexity index is 1120. The van der Waals surface area contributed by atoms with Gasteiger partial charge in [-0.25, -0.2) is 9.78 Å². The Labute approximate surface area is 174 Å². The van der Waals surface area contributed by atoms with Gasteiger partial charge in [0.15, 0.2) is 5.54 Å². The van der Waals surface area contributed by atoms with E-state index in [1.807, 2.05) is 24.3 Å². The van der Waals surface area contributed by atoms with Crippen LogP contribution in [0.3, 0.4) is 0 Å². The molecular formula is C23H23N5O2. The van der Waals surface area contributed by atoms with Crippen LogP contribution >= 0.6 is 0 Å². The van der Waals surface area contributed by atoms with E-state index in [0.29, 0.717) is 0 Å². The van der Waals surface area contributed by atoms with Gasteiger partial charge in [-0.05, 0) is 49.4 Å². The number of carbonyl (C=O) groups is 2. The Hall–Kier alpha value is -3.48. The second kappa shape index (κ2) is 7.09. The van der Waals surface area contributed by atoms with Gasteiger partial charge in [-0.15, -0.1) is 0 Å². The van der Waals surface area contributed by atoms with Crippen LogP contribution in [-0.4, -0.2) is 35.0 Å². The van der Waals surface area contributed by atoms with E-state index in [2.05, 4.69) is 39.6 Å². The molecule has 2 aromatic heterocycles. The van der Waals surface area contributed by atoms with Crippen LogP contribution in [0.5, 0.6) is 0 Å². The second-order valence-electron chi connectivity index (χ2n) is 8.03. The lowest BCUT2D eigenvalue weighted by atomic mass is 9.73. The van der Waals surface area contributed by atoms with Gasteiger partial charge < -0.3 is 10.2 Å². The van der Waals surface area contributed by atoms with Crippen LogP contribution in [0.15, 0.2) is 54.9 Å². The van der Waals surface area contributed by atoms with Crippen LogP contribution in [0.4, 0.5) is 10.6 Å². The number of fused-ring (bicyclic) bond motifs is 1. The zero-order valence-electron chi connectivity index (χ0n) is 16.8. The molecule has 0 bridgehead atoms. The zero-order chi connectivity index (χ0) is 20.7. The third kappa shape index (κ3) is 2.89. The summed E-state index contributed by atoms with van der Waals surface area (Å²) < 4.78 is 0. The van der Waals surface area contributed by atoms with Crippen molar-refractivity contribution >= 4 is 28.7 Å². The number of anilines is 1. The van der Waals surface area contributed by atoms with Crippen LogP contribution < -0.4 is 15.5 Å². The number of carbonyl (C=O) groups excluding carboxylic acids is 2. The number of benzene rings is 1. The number of aryl methyl sites for hydroxylation is 1. The van der Waals surface area contributed by atoms with Gasteiger partial charge in [0.1, 0.15) is 5.82 Å². The number of hydrogen-bond donors (Lipinski definition) is 2. The Morgan fingerprint density at radius 1 is 1.10 bits per heavy atom. The number of nitrogens with zero attached hydrogens (tertiary/aromatic N) is 3. The SMILES string of the molecule is Cc1cc(N2CCC([C@]3(c4cccnc4)NC(=O)NC3=O)CC2)nc2ccccc12. The summed E-state index contributed by atoms with van der Waals surface area (Å²) in [6.45, 7) is 3.64. The molecule has 0 saturated carbocycles. The van der Waals surface area contributed by atoms with E-state index in [9.17, 15) is 9.59 Å². The molecule has 5 rings (SSSR count). The molecule has 3 aromatic rings. The van der Waals surface area contributed by atoms with Gasteiger partial charge in [-0.3, -0.25) is 15.1 Å². The highest BCUT2D eigenvalue weighted by molar-refractivity contribution is 6.07. The molecule has 152 valence electrons. The van der Waals surface area contributed by atoms with Gasteiger partial charge in [-0.2, -0.15) is 0 Å². The first-order chi connectivity index (χ1) is 14.6. The minimum atomic E-state index is -1.07. The highest BCUT2D eigenvalue weighted by Gasteiger charge is 2.53. The third-order valence-electron chi connectivity index (χ3n) is 6.35. The number of amides is 3. The van der Waals surface area contributed by atoms with Gasteiger partial charge in [0, 0.05) is 36.4 Å². The van der Waals surface area contributed by atoms with Crippen molar-refractivity contribution in [2.75, 3.05) is 18.0 Å². The Morgan fingerprint density at radius 2 is 1.90 bits per heavy atom. The lowest BCUT2D eigenvalue weighted by molar-refractivity contribution is -0.126. The van der Waals surface area contributed by atoms with Crippen LogP contribution in [-0.2, 0) is 10.3 Å². The number of imide groups is 1. The van der Waals surface area contributed by atoms with Gasteiger partial charge in [0.2, 0.25) is 0 Å². The molecule has 0 unspecified atom stereocenters. The topological polar surface area (TPSA) is 87.2 Å². The highest BCUT2D eigenvalue weighted by Crippen LogP contribution is 2.39. The summed E-state index contributed by atoms with van der Waals surface area (Å²) in [6.07, 6.45) is 4.86. The fourth-order valence-corrected chi connectivity index (χ4v) is 4.83. The van der Waals surface area contributed by atoms with Crippen LogP contribution in [0.1, 0.15) is 24.0 Å². The van der Waals surface area contributed by atoms with Gasteiger partial charge >= 0.3 is 6.03 Å². The van der Waals surface area contributed by atoms with E-state index in [1.54, 1.807) is 18.5 Å². The quantitative estimate of drug-likeness (QED) is 0.659. The summed E-state index contributed by atoms with van der Waals surface area (Å²) in [5, 5.41) is 6.51. The fourth-order valence-electron chi connectivity index (χ4n) is 4.83. The molecule has 2 saturated heterocycles. The van der Waals surface area contributed by atoms with Crippen molar-refractivity contribution in [1.29, 1.82) is 0 Å². The van der Waals surface area contributed by atoms with E-state index in [0.717, 1.165) is 48.2 Å². The molecule has 30 heavy (non-hydrogen) atoms. The summed E-state index contributed by atoms with van der Waals surface area (Å²) in [7, 11) is 0. The maximum atomic E-state index is 12.9. The molecule has 1 aromatic carbocycles. The molecule has 2 fully saturated rings. The van der Waals surface area contributed by atoms with Crippen LogP contribution in [0.2, 0.25) is 0 Å². The number of aromatic nitrogens is 2. The van der Waals surface area contributed by atoms with Gasteiger partial charge in [0.05, 0.1) is 5.52 Å². The minimum absolute atomic E-state index is 0.0223. The number of para-hydroxylation sites is 1. The summed E-state index contributed by atoms with van der Waals surface area (Å²) in [5.41, 5.74) is 1.85. The second-order valence-corrected chi connectivity index (χ2v) is 8.03. The van der Waals surface area contributed by atoms with Crippen molar-refractivity contribution in [2.24, 2.45) is 5.92 Å². The molecule has 2 aliphatic heterocycles. The van der Waals surface area contributed by atoms with Gasteiger partial charge in [0.25, 0.3) is 5.91 Å². The van der Waals surface area contributed by atoms with Crippen molar-refractivity contribution in [3.63, 3.8) is 0 Å². The van der Waals surface area contributed by atoms with E-state index in [-0.39, 0.29) is 11.8 Å². The predicted octanol–water partition coefficient (Wildman–Crippen LogP) is 2.89. The Morgan fingerprint density at radius 3 is 2.60 bits per heavy atom. The fraction of sp³-hybridized carbons (Fsp3) is 0.304. The molecule has 0 radical (unpaired) electrons. The van der Waals surface area contributed by atoms with Crippen molar-refractivity contribution < 1.29 is 9.59 Å². The lowest BCUT2D eigenvalue weighted by Crippen LogP contribution is -2.53. The number of nitrogens with one attached hydrogen (secondary N) is 2. The molecule has 0 aliphatic carbocycles. The zero-order valence-corrected chi connectivity index (χ0v) is 16.8. The molecule has 4 heterocycles. The van der Waals surface area contributed by atoms with Crippen molar-refractivity contribution in [2.45, 2.75) is 25.3 Å². The maximum absolute atomic E-state index is 12.9. The van der Waals surface area contributed by atoms with E-state index in [4.69, 9.17) is 4.98 Å². The first kappa shape index (κ1) is 18.5. The Balaban J connectivity index is 1.42. The minimum Gasteiger partial charge on any atom is -0.357 e. The number of pyridine rings is 2. The molecule has 1 atom stereocenters. The maximum Gasteiger partial charge on any atom is 0.322 e. The van der Waals surface area contributed by atoms with E-state index < -0.39 is 11.6 Å². The summed E-state index contributed by atoms with van der Waals surface area (Å²) >= 11 is 0. The number of rotatable bonds is 3. The molecule has 7 nitrogen and oxygen atoms in total. The first-order valence-electron chi connectivity index (χ1n) is 10.2. The normalized spacial score (nSPS) is 22.2. The predicted molar refractivity (Wildman–Crippen MR) is 114 cm³/mol. The smallest absolute Gasteiger partial charge is 0.322 e. The molecular weight excluding hydrogens is 378 g/mol. The Kier molecular flexibility index (Phi) is 4.38. The van der Waals surface area contributed by atoms with Crippen molar-refractivity contribution in [1.82, 2.24) is 20.6 Å². The number of urea groups is 1. The summed E-state index contributed by atoms with van der Waals surface area (Å²) in [6, 6.07) is 13.5. The molecule has 3 amide bonds. The summed E-state index contributed by atoms with van der Waals surface area (Å²) in [5.74, 6) is 0.643. The monoisotopic (exact) mass is 401 g/mol. The van der Waals surface area contributed by atoms with Crippen LogP contribution in [0, 0.1) is 12.8 Å². The van der Waals surface area contributed by atoms with Crippen molar-refractivity contribution in [3.05, 3.63) is 66.0 Å². The van der Waals surface area contributed by atoms with E-state index >= 15 is 0 Å². The average molecular weight is 401 g/mol. The largest absolute Gasteiger partial charge is 0.357 e. The molecule has 2 N–H and O–H groups in total. The van der Waals surface area contributed by atoms with Crippen LogP contribution in [0.25, 0.3) is 10.9 Å². The van der Waals surface area contributed by atoms with Crippen molar-refractivity contribution in [3.8, 4) is 0 Å². The van der Waals surface area contributed by atoms with Gasteiger partial charge in [-0.1, -0.05) is 24.3 Å². The van der Waals surface area contributed by atoms with E-state index in [1.165, 1.54) is 5.56 Å². The lowest BCUT2D eigenvalue weighted by Gasteiger charge is -2.41.